The molecular formula is C15H21NOS. The van der Waals surface area contributed by atoms with Gasteiger partial charge in [0.05, 0.1) is 11.3 Å². The first-order valence-corrected chi connectivity index (χ1v) is 7.24. The number of nitrogens with zero attached hydrogens (tertiary/aromatic N) is 1. The normalized spacial score (nSPS) is 12.9. The molecule has 0 saturated heterocycles. The topological polar surface area (TPSA) is 26.0 Å². The van der Waals surface area contributed by atoms with Gasteiger partial charge in [0.1, 0.15) is 5.76 Å². The van der Waals surface area contributed by atoms with Crippen molar-refractivity contribution >= 4 is 11.3 Å². The minimum atomic E-state index is 0.0814. The van der Waals surface area contributed by atoms with Gasteiger partial charge in [-0.05, 0) is 25.0 Å². The molecule has 0 aliphatic heterocycles. The van der Waals surface area contributed by atoms with Gasteiger partial charge in [0.2, 0.25) is 0 Å². The minimum Gasteiger partial charge on any atom is -0.469 e. The zero-order valence-electron chi connectivity index (χ0n) is 11.6. The number of rotatable bonds is 5. The molecule has 2 aromatic heterocycles. The van der Waals surface area contributed by atoms with Gasteiger partial charge < -0.3 is 4.42 Å². The third kappa shape index (κ3) is 2.83. The first-order valence-electron chi connectivity index (χ1n) is 6.36. The summed E-state index contributed by atoms with van der Waals surface area (Å²) in [6, 6.07) is 4.03. The van der Waals surface area contributed by atoms with Gasteiger partial charge in [0.15, 0.2) is 0 Å². The van der Waals surface area contributed by atoms with E-state index >= 15 is 0 Å². The van der Waals surface area contributed by atoms with Crippen LogP contribution in [0.4, 0.5) is 0 Å². The molecule has 2 rings (SSSR count). The van der Waals surface area contributed by atoms with Gasteiger partial charge in [-0.2, -0.15) is 0 Å². The third-order valence-corrected chi connectivity index (χ3v) is 4.71. The van der Waals surface area contributed by atoms with Crippen LogP contribution in [-0.2, 0) is 10.8 Å². The molecule has 0 aromatic carbocycles. The number of thiazole rings is 1. The van der Waals surface area contributed by atoms with Crippen molar-refractivity contribution in [2.75, 3.05) is 0 Å². The fraction of sp³-hybridized carbons (Fsp3) is 0.533. The molecular weight excluding hydrogens is 242 g/mol. The molecule has 0 aliphatic rings. The SMILES string of the molecule is CC(C)(CCC(C)(C)c1nccs1)c1ccco1. The number of hydrogen-bond donors (Lipinski definition) is 0. The number of aromatic nitrogens is 1. The van der Waals surface area contributed by atoms with E-state index in [2.05, 4.69) is 44.1 Å². The van der Waals surface area contributed by atoms with E-state index in [9.17, 15) is 0 Å². The van der Waals surface area contributed by atoms with E-state index in [1.807, 2.05) is 12.3 Å². The van der Waals surface area contributed by atoms with Crippen molar-refractivity contribution in [3.63, 3.8) is 0 Å². The van der Waals surface area contributed by atoms with E-state index in [4.69, 9.17) is 4.42 Å². The second-order valence-corrected chi connectivity index (χ2v) is 6.98. The highest BCUT2D eigenvalue weighted by atomic mass is 32.1. The minimum absolute atomic E-state index is 0.0814. The summed E-state index contributed by atoms with van der Waals surface area (Å²) in [6.07, 6.45) is 5.84. The Morgan fingerprint density at radius 3 is 2.44 bits per heavy atom. The van der Waals surface area contributed by atoms with Crippen molar-refractivity contribution in [2.24, 2.45) is 0 Å². The van der Waals surface area contributed by atoms with E-state index in [-0.39, 0.29) is 10.8 Å². The maximum atomic E-state index is 5.54. The fourth-order valence-electron chi connectivity index (χ4n) is 2.08. The molecule has 0 aliphatic carbocycles. The fourth-order valence-corrected chi connectivity index (χ4v) is 2.87. The number of hydrogen-bond acceptors (Lipinski definition) is 3. The first-order chi connectivity index (χ1) is 8.42. The van der Waals surface area contributed by atoms with Crippen LogP contribution in [0.1, 0.15) is 51.3 Å². The average molecular weight is 263 g/mol. The predicted octanol–water partition coefficient (Wildman–Crippen LogP) is 4.77. The average Bonchev–Trinajstić information content (AvgIpc) is 2.99. The van der Waals surface area contributed by atoms with Crippen LogP contribution in [0.25, 0.3) is 0 Å². The molecule has 18 heavy (non-hydrogen) atoms. The molecule has 3 heteroatoms. The van der Waals surface area contributed by atoms with Gasteiger partial charge in [-0.3, -0.25) is 0 Å². The van der Waals surface area contributed by atoms with Gasteiger partial charge in [0.25, 0.3) is 0 Å². The molecule has 0 amide bonds. The quantitative estimate of drug-likeness (QED) is 0.776. The summed E-state index contributed by atoms with van der Waals surface area (Å²) in [5.41, 5.74) is 0.218. The van der Waals surface area contributed by atoms with Crippen molar-refractivity contribution in [3.8, 4) is 0 Å². The van der Waals surface area contributed by atoms with E-state index in [0.29, 0.717) is 0 Å². The van der Waals surface area contributed by atoms with Crippen molar-refractivity contribution in [1.29, 1.82) is 0 Å². The zero-order valence-corrected chi connectivity index (χ0v) is 12.4. The van der Waals surface area contributed by atoms with Crippen LogP contribution in [0, 0.1) is 0 Å². The Morgan fingerprint density at radius 2 is 1.89 bits per heavy atom. The van der Waals surface area contributed by atoms with E-state index < -0.39 is 0 Å². The Hall–Kier alpha value is -1.09. The second kappa shape index (κ2) is 4.88. The third-order valence-electron chi connectivity index (χ3n) is 3.57. The Kier molecular flexibility index (Phi) is 3.62. The molecule has 0 radical (unpaired) electrons. The summed E-state index contributed by atoms with van der Waals surface area (Å²) < 4.78 is 5.54. The van der Waals surface area contributed by atoms with E-state index in [0.717, 1.165) is 18.6 Å². The summed E-state index contributed by atoms with van der Waals surface area (Å²) >= 11 is 1.74. The van der Waals surface area contributed by atoms with E-state index in [1.54, 1.807) is 17.6 Å². The molecule has 2 nitrogen and oxygen atoms in total. The molecule has 0 bridgehead atoms. The Labute approximate surface area is 113 Å². The highest BCUT2D eigenvalue weighted by Crippen LogP contribution is 2.36. The molecule has 0 atom stereocenters. The molecule has 0 spiro atoms. The predicted molar refractivity (Wildman–Crippen MR) is 76.1 cm³/mol. The molecule has 2 aromatic rings. The van der Waals surface area contributed by atoms with Crippen molar-refractivity contribution in [3.05, 3.63) is 40.7 Å². The molecule has 0 saturated carbocycles. The van der Waals surface area contributed by atoms with Crippen LogP contribution in [0.2, 0.25) is 0 Å². The first kappa shape index (κ1) is 13.3. The van der Waals surface area contributed by atoms with Gasteiger partial charge in [-0.1, -0.05) is 27.7 Å². The molecule has 98 valence electrons. The largest absolute Gasteiger partial charge is 0.469 e. The van der Waals surface area contributed by atoms with Crippen LogP contribution in [0.3, 0.4) is 0 Å². The number of furan rings is 1. The molecule has 2 heterocycles. The lowest BCUT2D eigenvalue weighted by atomic mass is 9.78. The van der Waals surface area contributed by atoms with Crippen LogP contribution in [0.15, 0.2) is 34.4 Å². The maximum absolute atomic E-state index is 5.54. The maximum Gasteiger partial charge on any atom is 0.109 e. The zero-order chi connectivity index (χ0) is 13.2. The lowest BCUT2D eigenvalue weighted by molar-refractivity contribution is 0.321. The van der Waals surface area contributed by atoms with Gasteiger partial charge in [0, 0.05) is 22.4 Å². The second-order valence-electron chi connectivity index (χ2n) is 6.08. The smallest absolute Gasteiger partial charge is 0.109 e. The molecule has 0 unspecified atom stereocenters. The van der Waals surface area contributed by atoms with E-state index in [1.165, 1.54) is 5.01 Å². The van der Waals surface area contributed by atoms with Crippen LogP contribution >= 0.6 is 11.3 Å². The summed E-state index contributed by atoms with van der Waals surface area (Å²) in [5, 5.41) is 3.27. The monoisotopic (exact) mass is 263 g/mol. The summed E-state index contributed by atoms with van der Waals surface area (Å²) in [6.45, 7) is 9.02. The van der Waals surface area contributed by atoms with Crippen molar-refractivity contribution in [1.82, 2.24) is 4.98 Å². The Bertz CT molecular complexity index is 422. The van der Waals surface area contributed by atoms with Gasteiger partial charge in [-0.25, -0.2) is 4.98 Å². The Balaban J connectivity index is 2.03. The summed E-state index contributed by atoms with van der Waals surface area (Å²) in [5.74, 6) is 1.07. The van der Waals surface area contributed by atoms with Crippen molar-refractivity contribution < 1.29 is 4.42 Å². The summed E-state index contributed by atoms with van der Waals surface area (Å²) in [7, 11) is 0. The van der Waals surface area contributed by atoms with Crippen LogP contribution in [-0.4, -0.2) is 4.98 Å². The molecule has 0 N–H and O–H groups in total. The van der Waals surface area contributed by atoms with Crippen LogP contribution in [0.5, 0.6) is 0 Å². The standard InChI is InChI=1S/C15H21NOS/c1-14(2,12-6-5-10-17-12)7-8-15(3,4)13-16-9-11-18-13/h5-6,9-11H,7-8H2,1-4H3. The lowest BCUT2D eigenvalue weighted by Gasteiger charge is -2.28. The highest BCUT2D eigenvalue weighted by Gasteiger charge is 2.30. The lowest BCUT2D eigenvalue weighted by Crippen LogP contribution is -2.23. The van der Waals surface area contributed by atoms with Gasteiger partial charge in [-0.15, -0.1) is 11.3 Å². The highest BCUT2D eigenvalue weighted by molar-refractivity contribution is 7.09. The molecule has 0 fully saturated rings. The van der Waals surface area contributed by atoms with Crippen molar-refractivity contribution in [2.45, 2.75) is 51.4 Å². The van der Waals surface area contributed by atoms with Gasteiger partial charge >= 0.3 is 0 Å². The van der Waals surface area contributed by atoms with Crippen LogP contribution < -0.4 is 0 Å². The Morgan fingerprint density at radius 1 is 1.17 bits per heavy atom. The summed E-state index contributed by atoms with van der Waals surface area (Å²) in [4.78, 5) is 4.45.